The zero-order valence-electron chi connectivity index (χ0n) is 5.35. The third-order valence-electron chi connectivity index (χ3n) is 0.790. The van der Waals surface area contributed by atoms with Crippen LogP contribution in [0, 0.1) is 0 Å². The van der Waals surface area contributed by atoms with Gasteiger partial charge >= 0.3 is 0 Å². The Morgan fingerprint density at radius 1 is 1.75 bits per heavy atom. The molecule has 3 heteroatoms. The molecule has 0 heterocycles. The van der Waals surface area contributed by atoms with Gasteiger partial charge in [0, 0.05) is 7.05 Å². The van der Waals surface area contributed by atoms with Crippen LogP contribution in [-0.2, 0) is 4.84 Å². The lowest BCUT2D eigenvalue weighted by molar-refractivity contribution is -0.142. The molecule has 0 aromatic heterocycles. The average molecular weight is 119 g/mol. The van der Waals surface area contributed by atoms with E-state index in [1.54, 1.807) is 7.05 Å². The molecule has 0 aliphatic carbocycles. The van der Waals surface area contributed by atoms with Crippen molar-refractivity contribution in [2.45, 2.75) is 26.1 Å². The summed E-state index contributed by atoms with van der Waals surface area (Å²) in [6, 6.07) is 0. The SMILES string of the molecule is CCCC(O)ONC. The van der Waals surface area contributed by atoms with Gasteiger partial charge in [0.15, 0.2) is 6.29 Å². The van der Waals surface area contributed by atoms with Crippen LogP contribution in [0.2, 0.25) is 0 Å². The maximum absolute atomic E-state index is 8.76. The second-order valence-corrected chi connectivity index (χ2v) is 1.57. The lowest BCUT2D eigenvalue weighted by atomic mass is 10.3. The molecule has 0 spiro atoms. The second-order valence-electron chi connectivity index (χ2n) is 1.57. The van der Waals surface area contributed by atoms with Gasteiger partial charge in [0.25, 0.3) is 0 Å². The number of aliphatic hydroxyl groups excluding tert-OH is 1. The highest BCUT2D eigenvalue weighted by Crippen LogP contribution is 1.93. The molecule has 0 aromatic rings. The van der Waals surface area contributed by atoms with Gasteiger partial charge < -0.3 is 5.11 Å². The molecule has 50 valence electrons. The standard InChI is InChI=1S/C5H13NO2/c1-3-4-5(7)8-6-2/h5-7H,3-4H2,1-2H3. The lowest BCUT2D eigenvalue weighted by Gasteiger charge is -2.06. The van der Waals surface area contributed by atoms with Crippen molar-refractivity contribution in [1.29, 1.82) is 0 Å². The number of hydrogen-bond acceptors (Lipinski definition) is 3. The van der Waals surface area contributed by atoms with E-state index in [0.717, 1.165) is 6.42 Å². The summed E-state index contributed by atoms with van der Waals surface area (Å²) < 4.78 is 0. The summed E-state index contributed by atoms with van der Waals surface area (Å²) in [7, 11) is 1.62. The molecule has 8 heavy (non-hydrogen) atoms. The highest BCUT2D eigenvalue weighted by molar-refractivity contribution is 4.34. The first-order valence-electron chi connectivity index (χ1n) is 2.81. The Hall–Kier alpha value is -0.120. The van der Waals surface area contributed by atoms with E-state index in [-0.39, 0.29) is 0 Å². The molecule has 0 amide bonds. The van der Waals surface area contributed by atoms with Gasteiger partial charge in [-0.25, -0.2) is 5.48 Å². The van der Waals surface area contributed by atoms with Crippen LogP contribution in [-0.4, -0.2) is 18.4 Å². The molecular formula is C5H13NO2. The Balaban J connectivity index is 2.92. The molecule has 1 unspecified atom stereocenters. The van der Waals surface area contributed by atoms with Crippen LogP contribution in [0.25, 0.3) is 0 Å². The van der Waals surface area contributed by atoms with Crippen molar-refractivity contribution >= 4 is 0 Å². The fourth-order valence-corrected chi connectivity index (χ4v) is 0.442. The van der Waals surface area contributed by atoms with Gasteiger partial charge in [-0.3, -0.25) is 4.84 Å². The summed E-state index contributed by atoms with van der Waals surface area (Å²) in [5, 5.41) is 8.76. The molecule has 0 aromatic carbocycles. The summed E-state index contributed by atoms with van der Waals surface area (Å²) in [5.74, 6) is 0. The van der Waals surface area contributed by atoms with Gasteiger partial charge in [0.2, 0.25) is 0 Å². The predicted octanol–water partition coefficient (Wildman–Crippen LogP) is 0.256. The first-order chi connectivity index (χ1) is 3.81. The van der Waals surface area contributed by atoms with Crippen molar-refractivity contribution in [2.24, 2.45) is 0 Å². The smallest absolute Gasteiger partial charge is 0.174 e. The van der Waals surface area contributed by atoms with Gasteiger partial charge in [0.1, 0.15) is 0 Å². The van der Waals surface area contributed by atoms with E-state index >= 15 is 0 Å². The zero-order chi connectivity index (χ0) is 6.41. The van der Waals surface area contributed by atoms with E-state index in [2.05, 4.69) is 10.3 Å². The lowest BCUT2D eigenvalue weighted by Crippen LogP contribution is -2.19. The predicted molar refractivity (Wildman–Crippen MR) is 31.1 cm³/mol. The van der Waals surface area contributed by atoms with Crippen LogP contribution in [0.5, 0.6) is 0 Å². The minimum atomic E-state index is -0.648. The first kappa shape index (κ1) is 7.88. The monoisotopic (exact) mass is 119 g/mol. The molecule has 1 atom stereocenters. The molecule has 0 fully saturated rings. The molecule has 0 radical (unpaired) electrons. The average Bonchev–Trinajstić information content (AvgIpc) is 1.68. The van der Waals surface area contributed by atoms with E-state index in [4.69, 9.17) is 5.11 Å². The van der Waals surface area contributed by atoms with E-state index < -0.39 is 6.29 Å². The van der Waals surface area contributed by atoms with Crippen LogP contribution in [0.1, 0.15) is 19.8 Å². The van der Waals surface area contributed by atoms with Crippen molar-refractivity contribution in [3.63, 3.8) is 0 Å². The normalized spacial score (nSPS) is 13.9. The largest absolute Gasteiger partial charge is 0.366 e. The second kappa shape index (κ2) is 5.03. The van der Waals surface area contributed by atoms with Gasteiger partial charge in [-0.2, -0.15) is 0 Å². The quantitative estimate of drug-likeness (QED) is 0.412. The topological polar surface area (TPSA) is 41.5 Å². The van der Waals surface area contributed by atoms with E-state index in [0.29, 0.717) is 6.42 Å². The Labute approximate surface area is 49.6 Å². The van der Waals surface area contributed by atoms with Crippen molar-refractivity contribution in [1.82, 2.24) is 5.48 Å². The number of hydrogen-bond donors (Lipinski definition) is 2. The molecule has 0 bridgehead atoms. The van der Waals surface area contributed by atoms with Crippen LogP contribution in [0.4, 0.5) is 0 Å². The maximum Gasteiger partial charge on any atom is 0.174 e. The molecule has 0 aliphatic rings. The van der Waals surface area contributed by atoms with Crippen LogP contribution >= 0.6 is 0 Å². The fourth-order valence-electron chi connectivity index (χ4n) is 0.442. The van der Waals surface area contributed by atoms with Gasteiger partial charge in [-0.15, -0.1) is 0 Å². The third kappa shape index (κ3) is 4.05. The number of hydroxylamine groups is 1. The summed E-state index contributed by atoms with van der Waals surface area (Å²) >= 11 is 0. The minimum Gasteiger partial charge on any atom is -0.366 e. The van der Waals surface area contributed by atoms with Crippen LogP contribution < -0.4 is 5.48 Å². The van der Waals surface area contributed by atoms with Crippen molar-refractivity contribution in [3.05, 3.63) is 0 Å². The molecular weight excluding hydrogens is 106 g/mol. The van der Waals surface area contributed by atoms with Gasteiger partial charge in [-0.1, -0.05) is 13.3 Å². The Morgan fingerprint density at radius 2 is 2.38 bits per heavy atom. The number of nitrogens with one attached hydrogen (secondary N) is 1. The van der Waals surface area contributed by atoms with Crippen LogP contribution in [0.15, 0.2) is 0 Å². The molecule has 2 N–H and O–H groups in total. The first-order valence-corrected chi connectivity index (χ1v) is 2.81. The highest BCUT2D eigenvalue weighted by Gasteiger charge is 1.97. The third-order valence-corrected chi connectivity index (χ3v) is 0.790. The molecule has 0 rings (SSSR count). The highest BCUT2D eigenvalue weighted by atomic mass is 16.7. The van der Waals surface area contributed by atoms with Crippen LogP contribution in [0.3, 0.4) is 0 Å². The summed E-state index contributed by atoms with van der Waals surface area (Å²) in [6.45, 7) is 1.99. The summed E-state index contributed by atoms with van der Waals surface area (Å²) in [4.78, 5) is 4.59. The molecule has 0 saturated heterocycles. The fraction of sp³-hybridized carbons (Fsp3) is 1.00. The Morgan fingerprint density at radius 3 is 2.75 bits per heavy atom. The minimum absolute atomic E-state index is 0.648. The molecule has 3 nitrogen and oxygen atoms in total. The zero-order valence-corrected chi connectivity index (χ0v) is 5.35. The molecule has 0 saturated carbocycles. The van der Waals surface area contributed by atoms with Gasteiger partial charge in [0.05, 0.1) is 0 Å². The van der Waals surface area contributed by atoms with E-state index in [1.807, 2.05) is 6.92 Å². The summed E-state index contributed by atoms with van der Waals surface area (Å²) in [6.07, 6.45) is 0.967. The van der Waals surface area contributed by atoms with Crippen molar-refractivity contribution in [2.75, 3.05) is 7.05 Å². The number of rotatable bonds is 4. The van der Waals surface area contributed by atoms with E-state index in [1.165, 1.54) is 0 Å². The van der Waals surface area contributed by atoms with Gasteiger partial charge in [-0.05, 0) is 6.42 Å². The molecule has 0 aliphatic heterocycles. The maximum atomic E-state index is 8.76. The van der Waals surface area contributed by atoms with Crippen molar-refractivity contribution < 1.29 is 9.94 Å². The number of aliphatic hydroxyl groups is 1. The Kier molecular flexibility index (Phi) is 4.95. The Bertz CT molecular complexity index is 43.7. The van der Waals surface area contributed by atoms with E-state index in [9.17, 15) is 0 Å². The van der Waals surface area contributed by atoms with Crippen molar-refractivity contribution in [3.8, 4) is 0 Å². The summed E-state index contributed by atoms with van der Waals surface area (Å²) in [5.41, 5.74) is 2.40.